The Bertz CT molecular complexity index is 3200. The van der Waals surface area contributed by atoms with Crippen LogP contribution in [0.1, 0.15) is 0 Å². The monoisotopic (exact) mass is 699 g/mol. The molecular formula is C52H33N3. The molecule has 11 rings (SSSR count). The Morgan fingerprint density at radius 2 is 0.727 bits per heavy atom. The molecule has 0 saturated carbocycles. The zero-order valence-electron chi connectivity index (χ0n) is 29.9. The van der Waals surface area contributed by atoms with Crippen LogP contribution >= 0.6 is 0 Å². The van der Waals surface area contributed by atoms with E-state index >= 15 is 0 Å². The third kappa shape index (κ3) is 5.20. The van der Waals surface area contributed by atoms with Gasteiger partial charge in [-0.25, -0.2) is 0 Å². The number of benzene rings is 9. The van der Waals surface area contributed by atoms with Crippen LogP contribution in [-0.4, -0.2) is 14.5 Å². The van der Waals surface area contributed by atoms with E-state index in [0.717, 1.165) is 27.4 Å². The van der Waals surface area contributed by atoms with E-state index in [1.165, 1.54) is 77.2 Å². The maximum Gasteiger partial charge on any atom is 0.0971 e. The van der Waals surface area contributed by atoms with Crippen LogP contribution < -0.4 is 0 Å². The van der Waals surface area contributed by atoms with Crippen molar-refractivity contribution in [3.8, 4) is 50.2 Å². The molecule has 0 N–H and O–H groups in total. The number of fused-ring (bicyclic) bond motifs is 9. The van der Waals surface area contributed by atoms with Crippen molar-refractivity contribution in [3.05, 3.63) is 200 Å². The Labute approximate surface area is 318 Å². The average molecular weight is 700 g/mol. The summed E-state index contributed by atoms with van der Waals surface area (Å²) >= 11 is 0. The fourth-order valence-corrected chi connectivity index (χ4v) is 8.41. The lowest BCUT2D eigenvalue weighted by Crippen LogP contribution is -1.92. The molecule has 0 radical (unpaired) electrons. The number of aromatic nitrogens is 3. The van der Waals surface area contributed by atoms with Crippen molar-refractivity contribution in [2.24, 2.45) is 0 Å². The summed E-state index contributed by atoms with van der Waals surface area (Å²) in [6, 6.07) is 68.0. The molecule has 256 valence electrons. The molecule has 0 aliphatic rings. The number of hydrogen-bond donors (Lipinski definition) is 0. The van der Waals surface area contributed by atoms with Crippen molar-refractivity contribution in [3.63, 3.8) is 0 Å². The quantitative estimate of drug-likeness (QED) is 0.167. The summed E-state index contributed by atoms with van der Waals surface area (Å²) in [5, 5.41) is 7.17. The van der Waals surface area contributed by atoms with Crippen molar-refractivity contribution >= 4 is 54.4 Å². The number of hydrogen-bond acceptors (Lipinski definition) is 2. The number of para-hydroxylation sites is 2. The Hall–Kier alpha value is -7.36. The normalized spacial score (nSPS) is 11.6. The summed E-state index contributed by atoms with van der Waals surface area (Å²) < 4.78 is 2.36. The van der Waals surface area contributed by atoms with Gasteiger partial charge in [-0.15, -0.1) is 0 Å². The van der Waals surface area contributed by atoms with E-state index in [1.807, 2.05) is 0 Å². The van der Waals surface area contributed by atoms with E-state index in [2.05, 4.69) is 193 Å². The van der Waals surface area contributed by atoms with Crippen molar-refractivity contribution in [2.45, 2.75) is 0 Å². The predicted octanol–water partition coefficient (Wildman–Crippen LogP) is 13.7. The Morgan fingerprint density at radius 1 is 0.273 bits per heavy atom. The predicted molar refractivity (Wildman–Crippen MR) is 231 cm³/mol. The highest BCUT2D eigenvalue weighted by atomic mass is 15.0. The zero-order chi connectivity index (χ0) is 36.3. The molecule has 0 saturated heterocycles. The molecule has 2 heterocycles. The van der Waals surface area contributed by atoms with Crippen molar-refractivity contribution in [1.82, 2.24) is 14.5 Å². The molecule has 11 aromatic rings. The van der Waals surface area contributed by atoms with Crippen LogP contribution in [-0.2, 0) is 0 Å². The highest BCUT2D eigenvalue weighted by Gasteiger charge is 2.14. The molecule has 0 spiro atoms. The smallest absolute Gasteiger partial charge is 0.0971 e. The summed E-state index contributed by atoms with van der Waals surface area (Å²) in [7, 11) is 0. The standard InChI is InChI=1S/C52H33N3/c1-2-11-42(12-3-1)55-49-16-7-6-14-45(49)47-32-40(26-28-50(47)55)37-23-19-35(20-24-37)34-17-21-36(22-18-34)38-9-8-10-39(31-38)41-25-27-44-43-13-4-5-15-46(43)51-52(48(44)33-41)54-30-29-53-51/h1-33H. The van der Waals surface area contributed by atoms with Gasteiger partial charge in [0, 0.05) is 39.6 Å². The molecule has 2 aromatic heterocycles. The van der Waals surface area contributed by atoms with Gasteiger partial charge in [0.15, 0.2) is 0 Å². The second-order valence-corrected chi connectivity index (χ2v) is 14.2. The van der Waals surface area contributed by atoms with Gasteiger partial charge >= 0.3 is 0 Å². The molecule has 0 aliphatic carbocycles. The maximum absolute atomic E-state index is 4.78. The van der Waals surface area contributed by atoms with Gasteiger partial charge in [0.05, 0.1) is 22.1 Å². The minimum absolute atomic E-state index is 0.936. The van der Waals surface area contributed by atoms with E-state index in [1.54, 1.807) is 12.4 Å². The van der Waals surface area contributed by atoms with Gasteiger partial charge in [-0.05, 0) is 97.7 Å². The molecular weight excluding hydrogens is 667 g/mol. The molecule has 55 heavy (non-hydrogen) atoms. The molecule has 3 heteroatoms. The number of rotatable bonds is 5. The lowest BCUT2D eigenvalue weighted by Gasteiger charge is -2.12. The fourth-order valence-electron chi connectivity index (χ4n) is 8.41. The fraction of sp³-hybridized carbons (Fsp3) is 0. The SMILES string of the molecule is c1ccc(-n2c3ccccc3c3cc(-c4ccc(-c5ccc(-c6cccc(-c7ccc8c9ccccc9c9nccnc9c8c7)c6)cc5)cc4)ccc32)cc1. The molecule has 0 fully saturated rings. The van der Waals surface area contributed by atoms with Gasteiger partial charge in [-0.1, -0.05) is 146 Å². The van der Waals surface area contributed by atoms with Crippen LogP contribution in [0.25, 0.3) is 105 Å². The first-order valence-electron chi connectivity index (χ1n) is 18.7. The number of nitrogens with zero attached hydrogens (tertiary/aromatic N) is 3. The molecule has 0 amide bonds. The Kier molecular flexibility index (Phi) is 7.17. The van der Waals surface area contributed by atoms with Gasteiger partial charge < -0.3 is 4.57 Å². The Balaban J connectivity index is 0.888. The highest BCUT2D eigenvalue weighted by Crippen LogP contribution is 2.38. The lowest BCUT2D eigenvalue weighted by molar-refractivity contribution is 1.18. The third-order valence-electron chi connectivity index (χ3n) is 11.1. The topological polar surface area (TPSA) is 30.7 Å². The van der Waals surface area contributed by atoms with Crippen LogP contribution in [0, 0.1) is 0 Å². The van der Waals surface area contributed by atoms with Crippen LogP contribution in [0.3, 0.4) is 0 Å². The van der Waals surface area contributed by atoms with E-state index in [0.29, 0.717) is 0 Å². The van der Waals surface area contributed by atoms with Gasteiger partial charge in [0.25, 0.3) is 0 Å². The van der Waals surface area contributed by atoms with Gasteiger partial charge in [0.1, 0.15) is 0 Å². The van der Waals surface area contributed by atoms with E-state index < -0.39 is 0 Å². The summed E-state index contributed by atoms with van der Waals surface area (Å²) in [5.41, 5.74) is 15.0. The first-order valence-corrected chi connectivity index (χ1v) is 18.7. The second kappa shape index (κ2) is 12.6. The second-order valence-electron chi connectivity index (χ2n) is 14.2. The van der Waals surface area contributed by atoms with Gasteiger partial charge in [-0.2, -0.15) is 0 Å². The highest BCUT2D eigenvalue weighted by molar-refractivity contribution is 6.23. The minimum Gasteiger partial charge on any atom is -0.309 e. The summed E-state index contributed by atoms with van der Waals surface area (Å²) in [4.78, 5) is 9.51. The Morgan fingerprint density at radius 3 is 1.44 bits per heavy atom. The van der Waals surface area contributed by atoms with Crippen LogP contribution in [0.15, 0.2) is 200 Å². The van der Waals surface area contributed by atoms with Crippen LogP contribution in [0.4, 0.5) is 0 Å². The molecule has 0 bridgehead atoms. The van der Waals surface area contributed by atoms with Crippen molar-refractivity contribution in [2.75, 3.05) is 0 Å². The van der Waals surface area contributed by atoms with Gasteiger partial charge in [-0.3, -0.25) is 9.97 Å². The summed E-state index contributed by atoms with van der Waals surface area (Å²) in [6.07, 6.45) is 3.57. The van der Waals surface area contributed by atoms with E-state index in [9.17, 15) is 0 Å². The van der Waals surface area contributed by atoms with Crippen LogP contribution in [0.5, 0.6) is 0 Å². The zero-order valence-corrected chi connectivity index (χ0v) is 29.9. The van der Waals surface area contributed by atoms with E-state index in [4.69, 9.17) is 9.97 Å². The molecule has 3 nitrogen and oxygen atoms in total. The maximum atomic E-state index is 4.78. The first-order chi connectivity index (χ1) is 27.3. The lowest BCUT2D eigenvalue weighted by atomic mass is 9.94. The molecule has 0 unspecified atom stereocenters. The van der Waals surface area contributed by atoms with Crippen LogP contribution in [0.2, 0.25) is 0 Å². The molecule has 9 aromatic carbocycles. The third-order valence-corrected chi connectivity index (χ3v) is 11.1. The average Bonchev–Trinajstić information content (AvgIpc) is 3.60. The van der Waals surface area contributed by atoms with Gasteiger partial charge in [0.2, 0.25) is 0 Å². The molecule has 0 atom stereocenters. The van der Waals surface area contributed by atoms with E-state index in [-0.39, 0.29) is 0 Å². The largest absolute Gasteiger partial charge is 0.309 e. The van der Waals surface area contributed by atoms with Crippen molar-refractivity contribution < 1.29 is 0 Å². The van der Waals surface area contributed by atoms with Crippen molar-refractivity contribution in [1.29, 1.82) is 0 Å². The minimum atomic E-state index is 0.936. The molecule has 0 aliphatic heterocycles. The summed E-state index contributed by atoms with van der Waals surface area (Å²) in [5.74, 6) is 0. The first kappa shape index (κ1) is 31.2. The summed E-state index contributed by atoms with van der Waals surface area (Å²) in [6.45, 7) is 0.